The monoisotopic (exact) mass is 370 g/mol. The van der Waals surface area contributed by atoms with Crippen LogP contribution in [0.15, 0.2) is 42.5 Å². The van der Waals surface area contributed by atoms with Gasteiger partial charge in [0, 0.05) is 11.1 Å². The summed E-state index contributed by atoms with van der Waals surface area (Å²) < 4.78 is 37.7. The summed E-state index contributed by atoms with van der Waals surface area (Å²) in [6.07, 6.45) is 0.941. The predicted molar refractivity (Wildman–Crippen MR) is 89.0 cm³/mol. The average molecular weight is 371 g/mol. The number of methoxy groups -OCH3 is 1. The highest BCUT2D eigenvalue weighted by Gasteiger charge is 2.12. The second-order valence-electron chi connectivity index (χ2n) is 4.86. The van der Waals surface area contributed by atoms with E-state index in [1.807, 2.05) is 0 Å². The van der Waals surface area contributed by atoms with E-state index in [1.165, 1.54) is 25.3 Å². The molecule has 0 fully saturated rings. The van der Waals surface area contributed by atoms with Crippen molar-refractivity contribution < 1.29 is 26.9 Å². The highest BCUT2D eigenvalue weighted by atomic mass is 35.5. The lowest BCUT2D eigenvalue weighted by atomic mass is 10.1. The van der Waals surface area contributed by atoms with E-state index >= 15 is 0 Å². The van der Waals surface area contributed by atoms with E-state index in [0.717, 1.165) is 11.8 Å². The minimum atomic E-state index is -3.69. The molecule has 0 heterocycles. The fourth-order valence-corrected chi connectivity index (χ4v) is 2.47. The number of hydrogen-bond donors (Lipinski definition) is 0. The van der Waals surface area contributed by atoms with Crippen molar-refractivity contribution in [1.82, 2.24) is 0 Å². The van der Waals surface area contributed by atoms with Crippen LogP contribution in [0.4, 0.5) is 0 Å². The van der Waals surface area contributed by atoms with Crippen LogP contribution >= 0.6 is 11.6 Å². The Hall–Kier alpha value is -2.25. The predicted octanol–water partition coefficient (Wildman–Crippen LogP) is 3.04. The van der Waals surface area contributed by atoms with Gasteiger partial charge in [0.1, 0.15) is 6.61 Å². The van der Waals surface area contributed by atoms with Crippen molar-refractivity contribution in [2.24, 2.45) is 0 Å². The Morgan fingerprint density at radius 3 is 2.33 bits per heavy atom. The molecule has 0 saturated heterocycles. The summed E-state index contributed by atoms with van der Waals surface area (Å²) in [6.45, 7) is 0.141. The maximum atomic E-state index is 11.4. The zero-order chi connectivity index (χ0) is 17.7. The van der Waals surface area contributed by atoms with E-state index in [4.69, 9.17) is 20.5 Å². The van der Waals surface area contributed by atoms with Gasteiger partial charge in [-0.2, -0.15) is 8.42 Å². The van der Waals surface area contributed by atoms with Crippen molar-refractivity contribution in [3.8, 4) is 11.5 Å². The Morgan fingerprint density at radius 2 is 1.75 bits per heavy atom. The number of esters is 1. The molecule has 0 amide bonds. The van der Waals surface area contributed by atoms with Crippen LogP contribution in [0.3, 0.4) is 0 Å². The molecule has 0 spiro atoms. The summed E-state index contributed by atoms with van der Waals surface area (Å²) in [4.78, 5) is 11.4. The standard InChI is InChI=1S/C16H15ClO6S/c1-21-16(18)12-5-3-11(4-6-12)10-22-15-9-13(17)7-8-14(15)23-24(2,19)20/h3-9H,10H2,1-2H3. The molecule has 0 saturated carbocycles. The van der Waals surface area contributed by atoms with E-state index in [-0.39, 0.29) is 18.1 Å². The van der Waals surface area contributed by atoms with Crippen molar-refractivity contribution in [1.29, 1.82) is 0 Å². The van der Waals surface area contributed by atoms with Gasteiger partial charge in [0.25, 0.3) is 0 Å². The maximum absolute atomic E-state index is 11.4. The zero-order valence-electron chi connectivity index (χ0n) is 13.0. The van der Waals surface area contributed by atoms with Gasteiger partial charge in [-0.15, -0.1) is 0 Å². The molecule has 0 aliphatic rings. The SMILES string of the molecule is COC(=O)c1ccc(COc2cc(Cl)ccc2OS(C)(=O)=O)cc1. The second kappa shape index (κ2) is 7.55. The van der Waals surface area contributed by atoms with Gasteiger partial charge in [0.05, 0.1) is 18.9 Å². The van der Waals surface area contributed by atoms with Crippen LogP contribution in [0, 0.1) is 0 Å². The Kier molecular flexibility index (Phi) is 5.69. The average Bonchev–Trinajstić information content (AvgIpc) is 2.53. The van der Waals surface area contributed by atoms with E-state index in [2.05, 4.69) is 4.74 Å². The molecule has 0 unspecified atom stereocenters. The molecular weight excluding hydrogens is 356 g/mol. The first-order valence-electron chi connectivity index (χ1n) is 6.77. The second-order valence-corrected chi connectivity index (χ2v) is 6.87. The van der Waals surface area contributed by atoms with Gasteiger partial charge in [0.2, 0.25) is 0 Å². The summed E-state index contributed by atoms with van der Waals surface area (Å²) in [5, 5.41) is 0.381. The Labute approximate surface area is 145 Å². The number of rotatable bonds is 6. The number of benzene rings is 2. The molecule has 2 aromatic rings. The highest BCUT2D eigenvalue weighted by molar-refractivity contribution is 7.86. The van der Waals surface area contributed by atoms with Crippen molar-refractivity contribution in [3.05, 3.63) is 58.6 Å². The van der Waals surface area contributed by atoms with E-state index in [0.29, 0.717) is 10.6 Å². The first-order valence-corrected chi connectivity index (χ1v) is 8.97. The number of hydrogen-bond acceptors (Lipinski definition) is 6. The van der Waals surface area contributed by atoms with Crippen molar-refractivity contribution in [3.63, 3.8) is 0 Å². The van der Waals surface area contributed by atoms with Crippen molar-refractivity contribution in [2.75, 3.05) is 13.4 Å². The van der Waals surface area contributed by atoms with Crippen LogP contribution in [-0.2, 0) is 21.5 Å². The minimum Gasteiger partial charge on any atom is -0.485 e. The van der Waals surface area contributed by atoms with Crippen LogP contribution in [0.2, 0.25) is 5.02 Å². The van der Waals surface area contributed by atoms with E-state index in [9.17, 15) is 13.2 Å². The molecular formula is C16H15ClO6S. The minimum absolute atomic E-state index is 0.0491. The quantitative estimate of drug-likeness (QED) is 0.574. The third-order valence-electron chi connectivity index (χ3n) is 2.92. The molecule has 0 N–H and O–H groups in total. The fourth-order valence-electron chi connectivity index (χ4n) is 1.84. The number of ether oxygens (including phenoxy) is 2. The Balaban J connectivity index is 2.14. The lowest BCUT2D eigenvalue weighted by Crippen LogP contribution is -2.07. The van der Waals surface area contributed by atoms with Gasteiger partial charge in [-0.25, -0.2) is 4.79 Å². The molecule has 128 valence electrons. The molecule has 8 heteroatoms. The van der Waals surface area contributed by atoms with E-state index < -0.39 is 16.1 Å². The van der Waals surface area contributed by atoms with Crippen molar-refractivity contribution in [2.45, 2.75) is 6.61 Å². The summed E-state index contributed by atoms with van der Waals surface area (Å²) in [6, 6.07) is 11.0. The van der Waals surface area contributed by atoms with Gasteiger partial charge in [-0.3, -0.25) is 0 Å². The summed E-state index contributed by atoms with van der Waals surface area (Å²) in [7, 11) is -2.38. The summed E-state index contributed by atoms with van der Waals surface area (Å²) >= 11 is 5.91. The third kappa shape index (κ3) is 5.14. The topological polar surface area (TPSA) is 78.9 Å². The molecule has 0 bridgehead atoms. The van der Waals surface area contributed by atoms with Crippen LogP contribution in [-0.4, -0.2) is 27.8 Å². The molecule has 0 aliphatic heterocycles. The Morgan fingerprint density at radius 1 is 1.08 bits per heavy atom. The first-order chi connectivity index (χ1) is 11.3. The summed E-state index contributed by atoms with van der Waals surface area (Å²) in [5.41, 5.74) is 1.19. The van der Waals surface area contributed by atoms with Gasteiger partial charge in [0.15, 0.2) is 11.5 Å². The fraction of sp³-hybridized carbons (Fsp3) is 0.188. The van der Waals surface area contributed by atoms with Gasteiger partial charge >= 0.3 is 16.1 Å². The molecule has 2 rings (SSSR count). The molecule has 0 atom stereocenters. The van der Waals surface area contributed by atoms with Gasteiger partial charge in [-0.05, 0) is 29.8 Å². The summed E-state index contributed by atoms with van der Waals surface area (Å²) in [5.74, 6) is -0.181. The molecule has 24 heavy (non-hydrogen) atoms. The first kappa shape index (κ1) is 18.1. The highest BCUT2D eigenvalue weighted by Crippen LogP contribution is 2.32. The van der Waals surface area contributed by atoms with Crippen LogP contribution in [0.5, 0.6) is 11.5 Å². The van der Waals surface area contributed by atoms with Crippen LogP contribution in [0.1, 0.15) is 15.9 Å². The van der Waals surface area contributed by atoms with Crippen LogP contribution in [0.25, 0.3) is 0 Å². The maximum Gasteiger partial charge on any atom is 0.337 e. The normalized spacial score (nSPS) is 11.0. The molecule has 0 aromatic heterocycles. The van der Waals surface area contributed by atoms with E-state index in [1.54, 1.807) is 24.3 Å². The molecule has 6 nitrogen and oxygen atoms in total. The number of halogens is 1. The zero-order valence-corrected chi connectivity index (χ0v) is 14.6. The Bertz CT molecular complexity index is 830. The van der Waals surface area contributed by atoms with Crippen LogP contribution < -0.4 is 8.92 Å². The largest absolute Gasteiger partial charge is 0.485 e. The number of carbonyl (C=O) groups excluding carboxylic acids is 1. The molecule has 2 aromatic carbocycles. The third-order valence-corrected chi connectivity index (χ3v) is 3.63. The smallest absolute Gasteiger partial charge is 0.337 e. The van der Waals surface area contributed by atoms with Gasteiger partial charge in [-0.1, -0.05) is 23.7 Å². The molecule has 0 aliphatic carbocycles. The number of carbonyl (C=O) groups is 1. The van der Waals surface area contributed by atoms with Crippen molar-refractivity contribution >= 4 is 27.7 Å². The lowest BCUT2D eigenvalue weighted by Gasteiger charge is -2.12. The molecule has 0 radical (unpaired) electrons. The lowest BCUT2D eigenvalue weighted by molar-refractivity contribution is 0.0600. The van der Waals surface area contributed by atoms with Gasteiger partial charge < -0.3 is 13.7 Å².